The molecule has 1 aliphatic heterocycles. The van der Waals surface area contributed by atoms with E-state index in [2.05, 4.69) is 10.3 Å². The van der Waals surface area contributed by atoms with Gasteiger partial charge < -0.3 is 10.1 Å². The summed E-state index contributed by atoms with van der Waals surface area (Å²) in [4.78, 5) is 16.1. The molecule has 1 aliphatic rings. The van der Waals surface area contributed by atoms with E-state index >= 15 is 0 Å². The summed E-state index contributed by atoms with van der Waals surface area (Å²) in [5.41, 5.74) is 0. The fourth-order valence-electron chi connectivity index (χ4n) is 2.06. The first-order valence-corrected chi connectivity index (χ1v) is 6.11. The fraction of sp³-hybridized carbons (Fsp3) is 0.538. The number of rotatable bonds is 4. The van der Waals surface area contributed by atoms with E-state index in [9.17, 15) is 4.79 Å². The maximum atomic E-state index is 12.1. The highest BCUT2D eigenvalue weighted by Crippen LogP contribution is 2.14. The van der Waals surface area contributed by atoms with Gasteiger partial charge in [0, 0.05) is 6.20 Å². The third-order valence-electron chi connectivity index (χ3n) is 3.00. The zero-order valence-electron chi connectivity index (χ0n) is 10.1. The molecule has 1 N–H and O–H groups in total. The molecule has 0 aliphatic carbocycles. The van der Waals surface area contributed by atoms with Crippen molar-refractivity contribution in [2.75, 3.05) is 6.54 Å². The number of pyridine rings is 1. The summed E-state index contributed by atoms with van der Waals surface area (Å²) < 4.78 is 5.58. The summed E-state index contributed by atoms with van der Waals surface area (Å²) >= 11 is 0. The summed E-state index contributed by atoms with van der Waals surface area (Å²) in [6.45, 7) is 2.72. The Morgan fingerprint density at radius 1 is 1.59 bits per heavy atom. The van der Waals surface area contributed by atoms with Gasteiger partial charge in [0.15, 0.2) is 11.9 Å². The van der Waals surface area contributed by atoms with Gasteiger partial charge in [-0.3, -0.25) is 9.78 Å². The Balaban J connectivity index is 1.90. The van der Waals surface area contributed by atoms with Crippen LogP contribution >= 0.6 is 0 Å². The van der Waals surface area contributed by atoms with Gasteiger partial charge in [-0.25, -0.2) is 0 Å². The molecule has 4 heteroatoms. The minimum Gasteiger partial charge on any atom is -0.481 e. The number of Topliss-reactive ketones (excluding diaryl/α,β-unsaturated/α-hetero) is 1. The van der Waals surface area contributed by atoms with E-state index in [1.165, 1.54) is 0 Å². The predicted octanol–water partition coefficient (Wildman–Crippen LogP) is 1.56. The molecule has 0 aromatic carbocycles. The van der Waals surface area contributed by atoms with Crippen LogP contribution in [0.4, 0.5) is 0 Å². The first-order valence-electron chi connectivity index (χ1n) is 6.11. The minimum absolute atomic E-state index is 0.0459. The van der Waals surface area contributed by atoms with E-state index in [-0.39, 0.29) is 11.8 Å². The number of ketones is 1. The normalized spacial score (nSPS) is 21.8. The molecule has 0 saturated carbocycles. The number of hydrogen-bond acceptors (Lipinski definition) is 4. The Morgan fingerprint density at radius 2 is 2.47 bits per heavy atom. The van der Waals surface area contributed by atoms with Gasteiger partial charge in [-0.15, -0.1) is 0 Å². The summed E-state index contributed by atoms with van der Waals surface area (Å²) in [5, 5.41) is 3.24. The van der Waals surface area contributed by atoms with E-state index in [1.54, 1.807) is 25.4 Å². The van der Waals surface area contributed by atoms with E-state index in [1.807, 2.05) is 6.07 Å². The van der Waals surface area contributed by atoms with Gasteiger partial charge in [0.1, 0.15) is 5.75 Å². The van der Waals surface area contributed by atoms with Crippen molar-refractivity contribution in [3.05, 3.63) is 24.5 Å². The number of nitrogens with one attached hydrogen (secondary N) is 1. The van der Waals surface area contributed by atoms with Gasteiger partial charge >= 0.3 is 0 Å². The van der Waals surface area contributed by atoms with E-state index in [0.717, 1.165) is 25.8 Å². The average molecular weight is 234 g/mol. The average Bonchev–Trinajstić information content (AvgIpc) is 2.40. The smallest absolute Gasteiger partial charge is 0.189 e. The molecule has 0 radical (unpaired) electrons. The van der Waals surface area contributed by atoms with Crippen LogP contribution < -0.4 is 10.1 Å². The van der Waals surface area contributed by atoms with Crippen LogP contribution in [0.2, 0.25) is 0 Å². The first kappa shape index (κ1) is 12.0. The van der Waals surface area contributed by atoms with Crippen LogP contribution in [-0.2, 0) is 4.79 Å². The third-order valence-corrected chi connectivity index (χ3v) is 3.00. The summed E-state index contributed by atoms with van der Waals surface area (Å²) in [7, 11) is 0. The lowest BCUT2D eigenvalue weighted by atomic mass is 9.98. The van der Waals surface area contributed by atoms with Crippen molar-refractivity contribution < 1.29 is 9.53 Å². The molecule has 2 heterocycles. The second-order valence-corrected chi connectivity index (χ2v) is 4.35. The minimum atomic E-state index is -0.421. The van der Waals surface area contributed by atoms with Crippen LogP contribution in [0.5, 0.6) is 5.75 Å². The predicted molar refractivity (Wildman–Crippen MR) is 65.0 cm³/mol. The highest BCUT2D eigenvalue weighted by molar-refractivity contribution is 5.88. The van der Waals surface area contributed by atoms with Crippen LogP contribution in [-0.4, -0.2) is 29.5 Å². The Labute approximate surface area is 101 Å². The zero-order valence-corrected chi connectivity index (χ0v) is 10.1. The van der Waals surface area contributed by atoms with E-state index in [0.29, 0.717) is 5.75 Å². The maximum absolute atomic E-state index is 12.1. The summed E-state index contributed by atoms with van der Waals surface area (Å²) in [6.07, 6.45) is 6.07. The first-order chi connectivity index (χ1) is 8.27. The van der Waals surface area contributed by atoms with E-state index < -0.39 is 6.10 Å². The van der Waals surface area contributed by atoms with Crippen molar-refractivity contribution in [2.24, 2.45) is 0 Å². The molecule has 2 unspecified atom stereocenters. The second-order valence-electron chi connectivity index (χ2n) is 4.35. The van der Waals surface area contributed by atoms with Crippen molar-refractivity contribution in [3.63, 3.8) is 0 Å². The van der Waals surface area contributed by atoms with Crippen LogP contribution in [0.25, 0.3) is 0 Å². The monoisotopic (exact) mass is 234 g/mol. The molecular weight excluding hydrogens is 216 g/mol. The molecule has 92 valence electrons. The molecule has 2 atom stereocenters. The van der Waals surface area contributed by atoms with Gasteiger partial charge in [0.25, 0.3) is 0 Å². The number of carbonyl (C=O) groups excluding carboxylic acids is 1. The SMILES string of the molecule is CC(Oc1cccnc1)C(=O)C1CCCCN1. The Kier molecular flexibility index (Phi) is 4.09. The Hall–Kier alpha value is -1.42. The number of nitrogens with zero attached hydrogens (tertiary/aromatic N) is 1. The topological polar surface area (TPSA) is 51.2 Å². The van der Waals surface area contributed by atoms with Crippen LogP contribution in [0.1, 0.15) is 26.2 Å². The number of ether oxygens (including phenoxy) is 1. The molecule has 1 saturated heterocycles. The van der Waals surface area contributed by atoms with Crippen LogP contribution in [0.3, 0.4) is 0 Å². The second kappa shape index (κ2) is 5.77. The molecular formula is C13H18N2O2. The lowest BCUT2D eigenvalue weighted by Crippen LogP contribution is -2.45. The number of piperidine rings is 1. The molecule has 1 aromatic heterocycles. The van der Waals surface area contributed by atoms with Crippen LogP contribution in [0, 0.1) is 0 Å². The molecule has 1 aromatic rings. The third kappa shape index (κ3) is 3.27. The molecule has 0 amide bonds. The van der Waals surface area contributed by atoms with Crippen molar-refractivity contribution in [3.8, 4) is 5.75 Å². The van der Waals surface area contributed by atoms with Gasteiger partial charge in [0.2, 0.25) is 0 Å². The van der Waals surface area contributed by atoms with Crippen molar-refractivity contribution in [1.82, 2.24) is 10.3 Å². The largest absolute Gasteiger partial charge is 0.481 e. The highest BCUT2D eigenvalue weighted by atomic mass is 16.5. The van der Waals surface area contributed by atoms with Gasteiger partial charge in [-0.2, -0.15) is 0 Å². The highest BCUT2D eigenvalue weighted by Gasteiger charge is 2.26. The van der Waals surface area contributed by atoms with Crippen molar-refractivity contribution in [1.29, 1.82) is 0 Å². The van der Waals surface area contributed by atoms with Crippen molar-refractivity contribution >= 4 is 5.78 Å². The fourth-order valence-corrected chi connectivity index (χ4v) is 2.06. The summed E-state index contributed by atoms with van der Waals surface area (Å²) in [5.74, 6) is 0.776. The molecule has 2 rings (SSSR count). The molecule has 0 bridgehead atoms. The number of aromatic nitrogens is 1. The molecule has 4 nitrogen and oxygen atoms in total. The van der Waals surface area contributed by atoms with E-state index in [4.69, 9.17) is 4.74 Å². The van der Waals surface area contributed by atoms with Crippen LogP contribution in [0.15, 0.2) is 24.5 Å². The Bertz CT molecular complexity index is 361. The molecule has 1 fully saturated rings. The zero-order chi connectivity index (χ0) is 12.1. The summed E-state index contributed by atoms with van der Waals surface area (Å²) in [6, 6.07) is 3.56. The molecule has 17 heavy (non-hydrogen) atoms. The number of hydrogen-bond donors (Lipinski definition) is 1. The lowest BCUT2D eigenvalue weighted by Gasteiger charge is -2.25. The Morgan fingerprint density at radius 3 is 3.12 bits per heavy atom. The van der Waals surface area contributed by atoms with Crippen molar-refractivity contribution in [2.45, 2.75) is 38.3 Å². The standard InChI is InChI=1S/C13H18N2O2/c1-10(17-11-5-4-7-14-9-11)13(16)12-6-2-3-8-15-12/h4-5,7,9-10,12,15H,2-3,6,8H2,1H3. The van der Waals surface area contributed by atoms with Gasteiger partial charge in [-0.05, 0) is 38.4 Å². The number of carbonyl (C=O) groups is 1. The lowest BCUT2D eigenvalue weighted by molar-refractivity contribution is -0.127. The van der Waals surface area contributed by atoms with Gasteiger partial charge in [-0.1, -0.05) is 6.42 Å². The molecule has 0 spiro atoms. The quantitative estimate of drug-likeness (QED) is 0.859. The van der Waals surface area contributed by atoms with Gasteiger partial charge in [0.05, 0.1) is 12.2 Å². The maximum Gasteiger partial charge on any atom is 0.189 e.